The van der Waals surface area contributed by atoms with Gasteiger partial charge in [-0.2, -0.15) is 0 Å². The predicted octanol–water partition coefficient (Wildman–Crippen LogP) is 3.48. The van der Waals surface area contributed by atoms with Gasteiger partial charge in [0.2, 0.25) is 0 Å². The Labute approximate surface area is 100 Å². The van der Waals surface area contributed by atoms with Crippen LogP contribution in [0.2, 0.25) is 0 Å². The summed E-state index contributed by atoms with van der Waals surface area (Å²) in [5.41, 5.74) is 1.88. The second-order valence-electron chi connectivity index (χ2n) is 4.47. The van der Waals surface area contributed by atoms with Crippen LogP contribution in [-0.2, 0) is 5.41 Å². The van der Waals surface area contributed by atoms with E-state index in [-0.39, 0.29) is 0 Å². The van der Waals surface area contributed by atoms with Gasteiger partial charge in [-0.15, -0.1) is 0 Å². The van der Waals surface area contributed by atoms with Crippen molar-refractivity contribution in [1.82, 2.24) is 5.32 Å². The molecule has 0 atom stereocenters. The molecule has 2 heteroatoms. The van der Waals surface area contributed by atoms with Crippen LogP contribution in [0, 0.1) is 0 Å². The van der Waals surface area contributed by atoms with Crippen molar-refractivity contribution in [2.45, 2.75) is 31.6 Å². The molecule has 15 heavy (non-hydrogen) atoms. The Kier molecular flexibility index (Phi) is 3.47. The lowest BCUT2D eigenvalue weighted by atomic mass is 9.72. The van der Waals surface area contributed by atoms with Gasteiger partial charge in [0.1, 0.15) is 0 Å². The molecule has 0 saturated carbocycles. The number of halogens is 1. The molecule has 1 heterocycles. The van der Waals surface area contributed by atoms with E-state index in [1.807, 2.05) is 0 Å². The average Bonchev–Trinajstić information content (AvgIpc) is 2.19. The van der Waals surface area contributed by atoms with Crippen LogP contribution >= 0.6 is 15.9 Å². The standard InChI is InChI=1S/C13H18BrN/c1-2-3-8-13(9-15-10-13)11-6-4-5-7-12(11)14/h4-7,15H,2-3,8-10H2,1H3. The lowest BCUT2D eigenvalue weighted by Crippen LogP contribution is -2.56. The summed E-state index contributed by atoms with van der Waals surface area (Å²) in [6, 6.07) is 8.65. The number of hydrogen-bond donors (Lipinski definition) is 1. The van der Waals surface area contributed by atoms with Crippen LogP contribution in [0.25, 0.3) is 0 Å². The van der Waals surface area contributed by atoms with Gasteiger partial charge in [0.05, 0.1) is 0 Å². The van der Waals surface area contributed by atoms with E-state index in [2.05, 4.69) is 52.4 Å². The maximum atomic E-state index is 3.67. The highest BCUT2D eigenvalue weighted by atomic mass is 79.9. The first-order valence-electron chi connectivity index (χ1n) is 5.74. The lowest BCUT2D eigenvalue weighted by molar-refractivity contribution is 0.250. The van der Waals surface area contributed by atoms with E-state index in [9.17, 15) is 0 Å². The highest BCUT2D eigenvalue weighted by molar-refractivity contribution is 9.10. The van der Waals surface area contributed by atoms with Crippen LogP contribution < -0.4 is 5.32 Å². The molecule has 0 bridgehead atoms. The van der Waals surface area contributed by atoms with E-state index in [1.54, 1.807) is 0 Å². The number of hydrogen-bond acceptors (Lipinski definition) is 1. The van der Waals surface area contributed by atoms with Crippen LogP contribution in [0.1, 0.15) is 31.7 Å². The molecule has 0 aliphatic carbocycles. The van der Waals surface area contributed by atoms with Gasteiger partial charge in [0.25, 0.3) is 0 Å². The second-order valence-corrected chi connectivity index (χ2v) is 5.32. The van der Waals surface area contributed by atoms with Gasteiger partial charge in [0, 0.05) is 23.0 Å². The summed E-state index contributed by atoms with van der Waals surface area (Å²) in [7, 11) is 0. The largest absolute Gasteiger partial charge is 0.315 e. The molecule has 0 aromatic heterocycles. The topological polar surface area (TPSA) is 12.0 Å². The molecule has 2 rings (SSSR count). The highest BCUT2D eigenvalue weighted by Gasteiger charge is 2.38. The third kappa shape index (κ3) is 2.11. The van der Waals surface area contributed by atoms with Crippen LogP contribution in [0.5, 0.6) is 0 Å². The van der Waals surface area contributed by atoms with Crippen LogP contribution in [0.4, 0.5) is 0 Å². The summed E-state index contributed by atoms with van der Waals surface area (Å²) in [6.45, 7) is 4.53. The van der Waals surface area contributed by atoms with Gasteiger partial charge in [-0.3, -0.25) is 0 Å². The van der Waals surface area contributed by atoms with Crippen LogP contribution in [0.3, 0.4) is 0 Å². The second kappa shape index (κ2) is 4.67. The maximum Gasteiger partial charge on any atom is 0.0213 e. The van der Waals surface area contributed by atoms with Crippen LogP contribution in [-0.4, -0.2) is 13.1 Å². The fourth-order valence-electron chi connectivity index (χ4n) is 2.34. The molecular formula is C13H18BrN. The van der Waals surface area contributed by atoms with E-state index in [1.165, 1.54) is 29.3 Å². The molecule has 1 aromatic rings. The highest BCUT2D eigenvalue weighted by Crippen LogP contribution is 2.37. The fourth-order valence-corrected chi connectivity index (χ4v) is 3.04. The summed E-state index contributed by atoms with van der Waals surface area (Å²) in [4.78, 5) is 0. The van der Waals surface area contributed by atoms with Gasteiger partial charge in [-0.1, -0.05) is 53.9 Å². The molecule has 1 saturated heterocycles. The summed E-state index contributed by atoms with van der Waals surface area (Å²) in [6.07, 6.45) is 3.91. The Bertz CT molecular complexity index is 331. The van der Waals surface area contributed by atoms with Crippen molar-refractivity contribution in [1.29, 1.82) is 0 Å². The molecule has 0 spiro atoms. The van der Waals surface area contributed by atoms with E-state index >= 15 is 0 Å². The molecule has 1 nitrogen and oxygen atoms in total. The first-order valence-corrected chi connectivity index (χ1v) is 6.53. The number of unbranched alkanes of at least 4 members (excludes halogenated alkanes) is 1. The van der Waals surface area contributed by atoms with Crippen molar-refractivity contribution in [3.63, 3.8) is 0 Å². The van der Waals surface area contributed by atoms with Gasteiger partial charge >= 0.3 is 0 Å². The van der Waals surface area contributed by atoms with Crippen molar-refractivity contribution in [2.24, 2.45) is 0 Å². The Hall–Kier alpha value is -0.340. The molecule has 0 unspecified atom stereocenters. The van der Waals surface area contributed by atoms with Crippen molar-refractivity contribution >= 4 is 15.9 Å². The minimum Gasteiger partial charge on any atom is -0.315 e. The van der Waals surface area contributed by atoms with Crippen molar-refractivity contribution in [2.75, 3.05) is 13.1 Å². The van der Waals surface area contributed by atoms with Gasteiger partial charge in [-0.05, 0) is 18.1 Å². The first kappa shape index (κ1) is 11.2. The third-order valence-electron chi connectivity index (χ3n) is 3.38. The molecule has 1 N–H and O–H groups in total. The van der Waals surface area contributed by atoms with E-state index in [0.717, 1.165) is 13.1 Å². The first-order chi connectivity index (χ1) is 7.28. The molecule has 1 fully saturated rings. The van der Waals surface area contributed by atoms with Crippen molar-refractivity contribution in [3.05, 3.63) is 34.3 Å². The summed E-state index contributed by atoms with van der Waals surface area (Å²) in [5.74, 6) is 0. The smallest absolute Gasteiger partial charge is 0.0213 e. The lowest BCUT2D eigenvalue weighted by Gasteiger charge is -2.44. The van der Waals surface area contributed by atoms with E-state index < -0.39 is 0 Å². The third-order valence-corrected chi connectivity index (χ3v) is 4.07. The summed E-state index contributed by atoms with van der Waals surface area (Å²) in [5, 5.41) is 3.42. The maximum absolute atomic E-state index is 3.67. The minimum absolute atomic E-state index is 0.399. The monoisotopic (exact) mass is 267 g/mol. The predicted molar refractivity (Wildman–Crippen MR) is 68.2 cm³/mol. The molecular weight excluding hydrogens is 250 g/mol. The quantitative estimate of drug-likeness (QED) is 0.881. The van der Waals surface area contributed by atoms with E-state index in [0.29, 0.717) is 5.41 Å². The molecule has 0 amide bonds. The Morgan fingerprint density at radius 2 is 2.07 bits per heavy atom. The SMILES string of the molecule is CCCCC1(c2ccccc2Br)CNC1. The Morgan fingerprint density at radius 3 is 2.60 bits per heavy atom. The van der Waals surface area contributed by atoms with Crippen molar-refractivity contribution in [3.8, 4) is 0 Å². The molecule has 1 aliphatic heterocycles. The zero-order valence-corrected chi connectivity index (χ0v) is 10.8. The normalized spacial score (nSPS) is 18.5. The van der Waals surface area contributed by atoms with Gasteiger partial charge < -0.3 is 5.32 Å². The Morgan fingerprint density at radius 1 is 1.33 bits per heavy atom. The summed E-state index contributed by atoms with van der Waals surface area (Å²) < 4.78 is 1.27. The molecule has 1 aliphatic rings. The zero-order chi connectivity index (χ0) is 10.7. The summed E-state index contributed by atoms with van der Waals surface area (Å²) >= 11 is 3.67. The van der Waals surface area contributed by atoms with Gasteiger partial charge in [-0.25, -0.2) is 0 Å². The molecule has 1 aromatic carbocycles. The number of nitrogens with one attached hydrogen (secondary N) is 1. The van der Waals surface area contributed by atoms with Crippen LogP contribution in [0.15, 0.2) is 28.7 Å². The molecule has 0 radical (unpaired) electrons. The van der Waals surface area contributed by atoms with E-state index in [4.69, 9.17) is 0 Å². The van der Waals surface area contributed by atoms with Gasteiger partial charge in [0.15, 0.2) is 0 Å². The average molecular weight is 268 g/mol. The number of rotatable bonds is 4. The van der Waals surface area contributed by atoms with Crippen molar-refractivity contribution < 1.29 is 0 Å². The fraction of sp³-hybridized carbons (Fsp3) is 0.538. The molecule has 82 valence electrons. The Balaban J connectivity index is 2.22. The minimum atomic E-state index is 0.399. The number of benzene rings is 1. The zero-order valence-electron chi connectivity index (χ0n) is 9.22.